The number of benzene rings is 2. The molecule has 0 heterocycles. The number of fused-ring (bicyclic) bond motifs is 1. The Balaban J connectivity index is 2.79. The lowest BCUT2D eigenvalue weighted by Gasteiger charge is -2.04. The van der Waals surface area contributed by atoms with E-state index in [9.17, 15) is 0 Å². The minimum absolute atomic E-state index is 0.114. The van der Waals surface area contributed by atoms with Crippen molar-refractivity contribution in [1.29, 1.82) is 0 Å². The van der Waals surface area contributed by atoms with Crippen LogP contribution in [-0.2, 0) is 6.61 Å². The van der Waals surface area contributed by atoms with E-state index in [1.165, 1.54) is 10.8 Å². The molecule has 0 atom stereocenters. The van der Waals surface area contributed by atoms with Crippen molar-refractivity contribution in [2.45, 2.75) is 6.61 Å². The van der Waals surface area contributed by atoms with Crippen molar-refractivity contribution in [2.75, 3.05) is 0 Å². The highest BCUT2D eigenvalue weighted by Crippen LogP contribution is 2.23. The Morgan fingerprint density at radius 1 is 1.08 bits per heavy atom. The molecule has 0 saturated heterocycles. The molecular weight excluding hydrogens is 275 g/mol. The van der Waals surface area contributed by atoms with Crippen molar-refractivity contribution >= 4 is 33.4 Å². The number of hydrogen-bond donors (Lipinski definition) is 1. The number of aliphatic hydroxyl groups is 1. The molecular formula is C11H9IO. The van der Waals surface area contributed by atoms with E-state index in [0.717, 1.165) is 9.13 Å². The summed E-state index contributed by atoms with van der Waals surface area (Å²) in [6, 6.07) is 12.2. The van der Waals surface area contributed by atoms with Gasteiger partial charge in [0.1, 0.15) is 0 Å². The maximum Gasteiger partial charge on any atom is 0.0692 e. The lowest BCUT2D eigenvalue weighted by atomic mass is 10.1. The van der Waals surface area contributed by atoms with Gasteiger partial charge in [-0.25, -0.2) is 0 Å². The Labute approximate surface area is 90.5 Å². The van der Waals surface area contributed by atoms with Gasteiger partial charge in [0.25, 0.3) is 0 Å². The van der Waals surface area contributed by atoms with Crippen LogP contribution in [0.1, 0.15) is 5.56 Å². The first-order valence-electron chi connectivity index (χ1n) is 4.10. The largest absolute Gasteiger partial charge is 0.392 e. The van der Waals surface area contributed by atoms with Gasteiger partial charge >= 0.3 is 0 Å². The van der Waals surface area contributed by atoms with E-state index in [0.29, 0.717) is 0 Å². The summed E-state index contributed by atoms with van der Waals surface area (Å²) >= 11 is 2.28. The quantitative estimate of drug-likeness (QED) is 0.798. The molecule has 2 rings (SSSR count). The Morgan fingerprint density at radius 3 is 2.62 bits per heavy atom. The molecule has 0 aromatic heterocycles. The second kappa shape index (κ2) is 3.64. The molecule has 1 nitrogen and oxygen atoms in total. The Morgan fingerprint density at radius 2 is 1.85 bits per heavy atom. The summed E-state index contributed by atoms with van der Waals surface area (Å²) in [7, 11) is 0. The van der Waals surface area contributed by atoms with Gasteiger partial charge in [-0.2, -0.15) is 0 Å². The van der Waals surface area contributed by atoms with Crippen molar-refractivity contribution < 1.29 is 5.11 Å². The van der Waals surface area contributed by atoms with Gasteiger partial charge in [-0.1, -0.05) is 36.4 Å². The summed E-state index contributed by atoms with van der Waals surface area (Å²) in [6.07, 6.45) is 0. The van der Waals surface area contributed by atoms with Crippen LogP contribution in [0.25, 0.3) is 10.8 Å². The molecule has 2 aromatic rings. The zero-order valence-corrected chi connectivity index (χ0v) is 9.15. The second-order valence-corrected chi connectivity index (χ2v) is 4.00. The Kier molecular flexibility index (Phi) is 2.51. The standard InChI is InChI=1S/C11H9IO/c12-11-9(7-13)6-5-8-3-1-2-4-10(8)11/h1-6,13H,7H2. The van der Waals surface area contributed by atoms with Crippen molar-refractivity contribution in [3.05, 3.63) is 45.5 Å². The van der Waals surface area contributed by atoms with Gasteiger partial charge in [-0.15, -0.1) is 0 Å². The fourth-order valence-corrected chi connectivity index (χ4v) is 2.24. The van der Waals surface area contributed by atoms with Gasteiger partial charge in [-0.05, 0) is 38.9 Å². The molecule has 0 radical (unpaired) electrons. The minimum atomic E-state index is 0.114. The van der Waals surface area contributed by atoms with Crippen LogP contribution in [0.3, 0.4) is 0 Å². The molecule has 1 N–H and O–H groups in total. The Bertz CT molecular complexity index is 437. The number of rotatable bonds is 1. The average Bonchev–Trinajstić information content (AvgIpc) is 2.19. The van der Waals surface area contributed by atoms with E-state index >= 15 is 0 Å². The number of aliphatic hydroxyl groups excluding tert-OH is 1. The molecule has 13 heavy (non-hydrogen) atoms. The van der Waals surface area contributed by atoms with E-state index in [1.807, 2.05) is 24.3 Å². The summed E-state index contributed by atoms with van der Waals surface area (Å²) in [6.45, 7) is 0.114. The van der Waals surface area contributed by atoms with Crippen LogP contribution in [0.4, 0.5) is 0 Å². The van der Waals surface area contributed by atoms with E-state index in [-0.39, 0.29) is 6.61 Å². The van der Waals surface area contributed by atoms with Crippen LogP contribution < -0.4 is 0 Å². The van der Waals surface area contributed by atoms with Gasteiger partial charge in [0, 0.05) is 3.57 Å². The molecule has 0 fully saturated rings. The van der Waals surface area contributed by atoms with Crippen LogP contribution in [0.2, 0.25) is 0 Å². The zero-order chi connectivity index (χ0) is 9.26. The fourth-order valence-electron chi connectivity index (χ4n) is 1.40. The lowest BCUT2D eigenvalue weighted by molar-refractivity contribution is 0.281. The molecule has 0 aliphatic heterocycles. The highest BCUT2D eigenvalue weighted by molar-refractivity contribution is 14.1. The molecule has 0 bridgehead atoms. The van der Waals surface area contributed by atoms with Crippen LogP contribution in [0.5, 0.6) is 0 Å². The lowest BCUT2D eigenvalue weighted by Crippen LogP contribution is -1.88. The average molecular weight is 284 g/mol. The molecule has 2 aromatic carbocycles. The van der Waals surface area contributed by atoms with Gasteiger partial charge < -0.3 is 5.11 Å². The maximum absolute atomic E-state index is 9.07. The summed E-state index contributed by atoms with van der Waals surface area (Å²) in [5.74, 6) is 0. The van der Waals surface area contributed by atoms with Gasteiger partial charge in [0.15, 0.2) is 0 Å². The fraction of sp³-hybridized carbons (Fsp3) is 0.0909. The third-order valence-electron chi connectivity index (χ3n) is 2.11. The third-order valence-corrected chi connectivity index (χ3v) is 3.39. The maximum atomic E-state index is 9.07. The van der Waals surface area contributed by atoms with Crippen molar-refractivity contribution in [3.8, 4) is 0 Å². The smallest absolute Gasteiger partial charge is 0.0692 e. The second-order valence-electron chi connectivity index (χ2n) is 2.92. The Hall–Kier alpha value is -0.610. The molecule has 0 aliphatic rings. The van der Waals surface area contributed by atoms with Crippen molar-refractivity contribution in [1.82, 2.24) is 0 Å². The third kappa shape index (κ3) is 1.56. The highest BCUT2D eigenvalue weighted by Gasteiger charge is 2.02. The normalized spacial score (nSPS) is 10.6. The number of hydrogen-bond acceptors (Lipinski definition) is 1. The van der Waals surface area contributed by atoms with E-state index in [2.05, 4.69) is 34.7 Å². The zero-order valence-electron chi connectivity index (χ0n) is 7.00. The molecule has 0 saturated carbocycles. The predicted molar refractivity (Wildman–Crippen MR) is 62.6 cm³/mol. The van der Waals surface area contributed by atoms with Gasteiger partial charge in [-0.3, -0.25) is 0 Å². The minimum Gasteiger partial charge on any atom is -0.392 e. The predicted octanol–water partition coefficient (Wildman–Crippen LogP) is 2.94. The van der Waals surface area contributed by atoms with Crippen LogP contribution in [0.15, 0.2) is 36.4 Å². The van der Waals surface area contributed by atoms with Crippen molar-refractivity contribution in [3.63, 3.8) is 0 Å². The van der Waals surface area contributed by atoms with Crippen LogP contribution in [0, 0.1) is 3.57 Å². The van der Waals surface area contributed by atoms with E-state index in [1.54, 1.807) is 0 Å². The molecule has 0 unspecified atom stereocenters. The monoisotopic (exact) mass is 284 g/mol. The van der Waals surface area contributed by atoms with E-state index < -0.39 is 0 Å². The highest BCUT2D eigenvalue weighted by atomic mass is 127. The molecule has 0 amide bonds. The van der Waals surface area contributed by atoms with Gasteiger partial charge in [0.05, 0.1) is 6.61 Å². The van der Waals surface area contributed by atoms with Crippen LogP contribution >= 0.6 is 22.6 Å². The molecule has 66 valence electrons. The molecule has 0 aliphatic carbocycles. The first-order valence-corrected chi connectivity index (χ1v) is 5.18. The van der Waals surface area contributed by atoms with Crippen LogP contribution in [-0.4, -0.2) is 5.11 Å². The number of halogens is 1. The molecule has 2 heteroatoms. The van der Waals surface area contributed by atoms with E-state index in [4.69, 9.17) is 5.11 Å². The summed E-state index contributed by atoms with van der Waals surface area (Å²) in [5, 5.41) is 11.5. The van der Waals surface area contributed by atoms with Gasteiger partial charge in [0.2, 0.25) is 0 Å². The molecule has 0 spiro atoms. The van der Waals surface area contributed by atoms with Crippen molar-refractivity contribution in [2.24, 2.45) is 0 Å². The SMILES string of the molecule is OCc1ccc2ccccc2c1I. The first kappa shape index (κ1) is 8.97. The topological polar surface area (TPSA) is 20.2 Å². The first-order chi connectivity index (χ1) is 6.33. The summed E-state index contributed by atoms with van der Waals surface area (Å²) in [5.41, 5.74) is 0.999. The summed E-state index contributed by atoms with van der Waals surface area (Å²) in [4.78, 5) is 0. The summed E-state index contributed by atoms with van der Waals surface area (Å²) < 4.78 is 1.15.